The summed E-state index contributed by atoms with van der Waals surface area (Å²) < 4.78 is 14.9. The second-order valence-corrected chi connectivity index (χ2v) is 5.44. The first-order chi connectivity index (χ1) is 12.3. The number of benzene rings is 1. The highest BCUT2D eigenvalue weighted by Gasteiger charge is 2.06. The molecule has 1 N–H and O–H groups in total. The molecule has 0 spiro atoms. The quantitative estimate of drug-likeness (QED) is 0.603. The number of anilines is 1. The first-order valence-corrected chi connectivity index (χ1v) is 7.70. The standard InChI is InChI=1S/C17H14FN7/c18-13-4-1-3-12(7-13)9-25-11-23-15(24-25)8-20-17-14-5-2-6-19-16(14)21-10-22-17/h1-7,10-11H,8-9H2,(H,19,20,21,22). The van der Waals surface area contributed by atoms with Gasteiger partial charge in [-0.3, -0.25) is 0 Å². The number of halogens is 1. The van der Waals surface area contributed by atoms with E-state index in [0.717, 1.165) is 10.9 Å². The van der Waals surface area contributed by atoms with Crippen molar-refractivity contribution in [2.45, 2.75) is 13.1 Å². The van der Waals surface area contributed by atoms with E-state index in [1.54, 1.807) is 23.3 Å². The summed E-state index contributed by atoms with van der Waals surface area (Å²) in [5, 5.41) is 8.43. The van der Waals surface area contributed by atoms with Crippen molar-refractivity contribution in [2.24, 2.45) is 0 Å². The zero-order chi connectivity index (χ0) is 17.1. The molecule has 4 aromatic rings. The molecule has 8 heteroatoms. The maximum Gasteiger partial charge on any atom is 0.169 e. The van der Waals surface area contributed by atoms with Crippen molar-refractivity contribution in [1.29, 1.82) is 0 Å². The lowest BCUT2D eigenvalue weighted by atomic mass is 10.2. The topological polar surface area (TPSA) is 81.4 Å². The molecule has 124 valence electrons. The van der Waals surface area contributed by atoms with Crippen LogP contribution in [-0.2, 0) is 13.1 Å². The van der Waals surface area contributed by atoms with Crippen LogP contribution in [0.1, 0.15) is 11.4 Å². The summed E-state index contributed by atoms with van der Waals surface area (Å²) in [5.74, 6) is 1.04. The van der Waals surface area contributed by atoms with Gasteiger partial charge in [0, 0.05) is 6.20 Å². The van der Waals surface area contributed by atoms with E-state index in [-0.39, 0.29) is 5.82 Å². The fourth-order valence-corrected chi connectivity index (χ4v) is 2.51. The molecule has 25 heavy (non-hydrogen) atoms. The Morgan fingerprint density at radius 1 is 1.04 bits per heavy atom. The lowest BCUT2D eigenvalue weighted by Gasteiger charge is -2.05. The second kappa shape index (κ2) is 6.60. The molecule has 3 heterocycles. The van der Waals surface area contributed by atoms with Gasteiger partial charge in [0.2, 0.25) is 0 Å². The Bertz CT molecular complexity index is 1010. The third-order valence-corrected chi connectivity index (χ3v) is 3.64. The number of fused-ring (bicyclic) bond motifs is 1. The predicted molar refractivity (Wildman–Crippen MR) is 90.2 cm³/mol. The Balaban J connectivity index is 1.46. The van der Waals surface area contributed by atoms with Gasteiger partial charge in [0.1, 0.15) is 24.3 Å². The molecule has 0 saturated carbocycles. The summed E-state index contributed by atoms with van der Waals surface area (Å²) in [6, 6.07) is 10.2. The maximum atomic E-state index is 13.2. The van der Waals surface area contributed by atoms with Crippen LogP contribution in [0, 0.1) is 5.82 Å². The Morgan fingerprint density at radius 3 is 2.92 bits per heavy atom. The highest BCUT2D eigenvalue weighted by Crippen LogP contribution is 2.16. The molecule has 7 nitrogen and oxygen atoms in total. The molecule has 0 atom stereocenters. The van der Waals surface area contributed by atoms with Crippen LogP contribution in [0.4, 0.5) is 10.2 Å². The van der Waals surface area contributed by atoms with Gasteiger partial charge in [-0.05, 0) is 29.8 Å². The lowest BCUT2D eigenvalue weighted by Crippen LogP contribution is -2.06. The number of hydrogen-bond donors (Lipinski definition) is 1. The van der Waals surface area contributed by atoms with E-state index in [4.69, 9.17) is 0 Å². The first kappa shape index (κ1) is 15.1. The smallest absolute Gasteiger partial charge is 0.169 e. The molecular formula is C17H14FN7. The number of aromatic nitrogens is 6. The van der Waals surface area contributed by atoms with Crippen LogP contribution in [0.25, 0.3) is 11.0 Å². The van der Waals surface area contributed by atoms with E-state index in [1.807, 2.05) is 18.2 Å². The third kappa shape index (κ3) is 3.42. The number of hydrogen-bond acceptors (Lipinski definition) is 6. The minimum atomic E-state index is -0.260. The minimum absolute atomic E-state index is 0.260. The molecular weight excluding hydrogens is 321 g/mol. The van der Waals surface area contributed by atoms with E-state index >= 15 is 0 Å². The Hall–Kier alpha value is -3.42. The summed E-state index contributed by atoms with van der Waals surface area (Å²) in [5.41, 5.74) is 1.46. The fourth-order valence-electron chi connectivity index (χ4n) is 2.51. The van der Waals surface area contributed by atoms with Crippen LogP contribution in [0.2, 0.25) is 0 Å². The van der Waals surface area contributed by atoms with Crippen molar-refractivity contribution >= 4 is 16.9 Å². The van der Waals surface area contributed by atoms with Gasteiger partial charge in [0.05, 0.1) is 18.5 Å². The predicted octanol–water partition coefficient (Wildman–Crippen LogP) is 2.42. The molecule has 0 radical (unpaired) electrons. The number of pyridine rings is 1. The highest BCUT2D eigenvalue weighted by molar-refractivity contribution is 5.85. The Kier molecular flexibility index (Phi) is 3.99. The van der Waals surface area contributed by atoms with Gasteiger partial charge in [0.15, 0.2) is 11.5 Å². The average molecular weight is 335 g/mol. The molecule has 1 aromatic carbocycles. The largest absolute Gasteiger partial charge is 0.362 e. The summed E-state index contributed by atoms with van der Waals surface area (Å²) in [6.45, 7) is 0.877. The van der Waals surface area contributed by atoms with Crippen LogP contribution in [-0.4, -0.2) is 29.7 Å². The molecule has 0 bridgehead atoms. The van der Waals surface area contributed by atoms with Crippen molar-refractivity contribution in [3.8, 4) is 0 Å². The van der Waals surface area contributed by atoms with E-state index in [2.05, 4.69) is 30.4 Å². The van der Waals surface area contributed by atoms with Gasteiger partial charge < -0.3 is 5.32 Å². The van der Waals surface area contributed by atoms with Crippen LogP contribution < -0.4 is 5.32 Å². The number of rotatable bonds is 5. The van der Waals surface area contributed by atoms with Gasteiger partial charge in [-0.2, -0.15) is 5.10 Å². The zero-order valence-corrected chi connectivity index (χ0v) is 13.2. The number of nitrogens with one attached hydrogen (secondary N) is 1. The van der Waals surface area contributed by atoms with Crippen molar-refractivity contribution in [1.82, 2.24) is 29.7 Å². The summed E-state index contributed by atoms with van der Waals surface area (Å²) in [7, 11) is 0. The van der Waals surface area contributed by atoms with Crippen molar-refractivity contribution in [3.63, 3.8) is 0 Å². The highest BCUT2D eigenvalue weighted by atomic mass is 19.1. The van der Waals surface area contributed by atoms with Gasteiger partial charge >= 0.3 is 0 Å². The minimum Gasteiger partial charge on any atom is -0.362 e. The molecule has 4 rings (SSSR count). The molecule has 0 unspecified atom stereocenters. The molecule has 0 aliphatic carbocycles. The lowest BCUT2D eigenvalue weighted by molar-refractivity contribution is 0.618. The summed E-state index contributed by atoms with van der Waals surface area (Å²) in [4.78, 5) is 16.8. The van der Waals surface area contributed by atoms with E-state index in [0.29, 0.717) is 30.4 Å². The molecule has 3 aromatic heterocycles. The average Bonchev–Trinajstić information content (AvgIpc) is 3.07. The molecule has 0 aliphatic heterocycles. The van der Waals surface area contributed by atoms with E-state index < -0.39 is 0 Å². The van der Waals surface area contributed by atoms with Crippen LogP contribution in [0.3, 0.4) is 0 Å². The van der Waals surface area contributed by atoms with Gasteiger partial charge in [-0.15, -0.1) is 0 Å². The van der Waals surface area contributed by atoms with Gasteiger partial charge in [0.25, 0.3) is 0 Å². The van der Waals surface area contributed by atoms with E-state index in [9.17, 15) is 4.39 Å². The molecule has 0 saturated heterocycles. The summed E-state index contributed by atoms with van der Waals surface area (Å²) >= 11 is 0. The monoisotopic (exact) mass is 335 g/mol. The SMILES string of the molecule is Fc1cccc(Cn2cnc(CNc3ncnc4ncccc34)n2)c1. The molecule has 0 amide bonds. The fraction of sp³-hybridized carbons (Fsp3) is 0.118. The van der Waals surface area contributed by atoms with Gasteiger partial charge in [-0.1, -0.05) is 12.1 Å². The van der Waals surface area contributed by atoms with Crippen molar-refractivity contribution in [3.05, 3.63) is 72.5 Å². The molecule has 0 aliphatic rings. The summed E-state index contributed by atoms with van der Waals surface area (Å²) in [6.07, 6.45) is 4.78. The maximum absolute atomic E-state index is 13.2. The van der Waals surface area contributed by atoms with Crippen molar-refractivity contribution < 1.29 is 4.39 Å². The van der Waals surface area contributed by atoms with Gasteiger partial charge in [-0.25, -0.2) is 29.0 Å². The Labute approximate surface area is 142 Å². The Morgan fingerprint density at radius 2 is 2.00 bits per heavy atom. The van der Waals surface area contributed by atoms with Crippen LogP contribution >= 0.6 is 0 Å². The van der Waals surface area contributed by atoms with Crippen molar-refractivity contribution in [2.75, 3.05) is 5.32 Å². The normalized spacial score (nSPS) is 10.9. The number of nitrogens with zero attached hydrogens (tertiary/aromatic N) is 6. The second-order valence-electron chi connectivity index (χ2n) is 5.44. The van der Waals surface area contributed by atoms with Crippen LogP contribution in [0.5, 0.6) is 0 Å². The first-order valence-electron chi connectivity index (χ1n) is 7.70. The van der Waals surface area contributed by atoms with E-state index in [1.165, 1.54) is 18.5 Å². The zero-order valence-electron chi connectivity index (χ0n) is 13.2. The molecule has 0 fully saturated rings. The third-order valence-electron chi connectivity index (χ3n) is 3.64. The van der Waals surface area contributed by atoms with Crippen LogP contribution in [0.15, 0.2) is 55.2 Å².